The molecular formula is C18H27NOS4Si. The highest BCUT2D eigenvalue weighted by atomic mass is 33.5. The molecule has 1 aliphatic rings. The van der Waals surface area contributed by atoms with Crippen LogP contribution in [0.2, 0.25) is 19.1 Å². The minimum absolute atomic E-state index is 0.562. The van der Waals surface area contributed by atoms with E-state index in [1.54, 1.807) is 22.1 Å². The van der Waals surface area contributed by atoms with Crippen molar-refractivity contribution in [3.63, 3.8) is 0 Å². The Morgan fingerprint density at radius 2 is 2.00 bits per heavy atom. The van der Waals surface area contributed by atoms with Crippen molar-refractivity contribution in [2.75, 3.05) is 5.75 Å². The molecule has 25 heavy (non-hydrogen) atoms. The van der Waals surface area contributed by atoms with Crippen LogP contribution in [-0.4, -0.2) is 25.2 Å². The number of nitrogens with zero attached hydrogens (tertiary/aromatic N) is 1. The molecule has 7 heteroatoms. The molecule has 0 spiro atoms. The molecule has 0 atom stereocenters. The van der Waals surface area contributed by atoms with Gasteiger partial charge < -0.3 is 4.43 Å². The van der Waals surface area contributed by atoms with Gasteiger partial charge in [0.1, 0.15) is 0 Å². The molecule has 0 unspecified atom stereocenters. The topological polar surface area (TPSA) is 22.1 Å². The van der Waals surface area contributed by atoms with Crippen LogP contribution in [0, 0.1) is 0 Å². The van der Waals surface area contributed by atoms with Gasteiger partial charge >= 0.3 is 0 Å². The summed E-state index contributed by atoms with van der Waals surface area (Å²) >= 11 is 1.79. The van der Waals surface area contributed by atoms with Crippen LogP contribution in [0.5, 0.6) is 0 Å². The third-order valence-electron chi connectivity index (χ3n) is 4.47. The van der Waals surface area contributed by atoms with Crippen LogP contribution in [0.3, 0.4) is 0 Å². The summed E-state index contributed by atoms with van der Waals surface area (Å²) in [5, 5.41) is 0. The Morgan fingerprint density at radius 1 is 1.20 bits per heavy atom. The van der Waals surface area contributed by atoms with E-state index in [1.807, 2.05) is 20.6 Å². The largest absolute Gasteiger partial charge is 0.414 e. The Hall–Kier alpha value is 0.337. The Kier molecular flexibility index (Phi) is 8.06. The Morgan fingerprint density at radius 3 is 2.80 bits per heavy atom. The zero-order valence-corrected chi connectivity index (χ0v) is 19.3. The van der Waals surface area contributed by atoms with Gasteiger partial charge in [0.15, 0.2) is 12.7 Å². The van der Waals surface area contributed by atoms with Gasteiger partial charge in [-0.05, 0) is 71.2 Å². The highest BCUT2D eigenvalue weighted by Crippen LogP contribution is 2.43. The first kappa shape index (κ1) is 20.1. The lowest BCUT2D eigenvalue weighted by Crippen LogP contribution is -2.36. The number of hydrogen-bond donors (Lipinski definition) is 0. The first-order valence-electron chi connectivity index (χ1n) is 9.12. The maximum atomic E-state index is 6.50. The number of fused-ring (bicyclic) bond motifs is 1. The third-order valence-corrected chi connectivity index (χ3v) is 12.4. The van der Waals surface area contributed by atoms with E-state index in [-0.39, 0.29) is 0 Å². The minimum Gasteiger partial charge on any atom is -0.414 e. The van der Waals surface area contributed by atoms with Gasteiger partial charge in [-0.15, -0.1) is 11.3 Å². The van der Waals surface area contributed by atoms with Crippen molar-refractivity contribution in [1.82, 2.24) is 4.98 Å². The zero-order chi connectivity index (χ0) is 17.5. The van der Waals surface area contributed by atoms with Gasteiger partial charge in [-0.2, -0.15) is 0 Å². The van der Waals surface area contributed by atoms with E-state index in [4.69, 9.17) is 4.43 Å². The average molecular weight is 430 g/mol. The Balaban J connectivity index is 1.30. The molecule has 0 amide bonds. The third kappa shape index (κ3) is 6.77. The molecule has 1 fully saturated rings. The first-order chi connectivity index (χ1) is 12.1. The predicted octanol–water partition coefficient (Wildman–Crippen LogP) is 7.63. The van der Waals surface area contributed by atoms with Crippen LogP contribution in [0.1, 0.15) is 38.5 Å². The van der Waals surface area contributed by atoms with E-state index in [0.717, 1.165) is 9.86 Å². The van der Waals surface area contributed by atoms with E-state index >= 15 is 0 Å². The molecule has 138 valence electrons. The van der Waals surface area contributed by atoms with Crippen molar-refractivity contribution in [2.24, 2.45) is 0 Å². The number of benzene rings is 1. The number of rotatable bonds is 9. The van der Waals surface area contributed by atoms with Crippen LogP contribution in [0.25, 0.3) is 10.2 Å². The normalized spacial score (nSPS) is 16.6. The number of hydrogen-bond acceptors (Lipinski definition) is 6. The average Bonchev–Trinajstić information content (AvgIpc) is 3.01. The lowest BCUT2D eigenvalue weighted by molar-refractivity contribution is 0.145. The highest BCUT2D eigenvalue weighted by molar-refractivity contribution is 9.09. The first-order valence-corrected chi connectivity index (χ1v) is 16.7. The quantitative estimate of drug-likeness (QED) is 0.231. The van der Waals surface area contributed by atoms with Gasteiger partial charge in [0, 0.05) is 11.9 Å². The van der Waals surface area contributed by atoms with Gasteiger partial charge in [0.05, 0.1) is 10.2 Å². The van der Waals surface area contributed by atoms with Crippen molar-refractivity contribution in [3.8, 4) is 0 Å². The Bertz CT molecular complexity index is 624. The SMILES string of the molecule is C[Si](C)(CCCSSSc1nc2ccccc2s1)OC1CCCCC1. The zero-order valence-electron chi connectivity index (χ0n) is 15.0. The lowest BCUT2D eigenvalue weighted by atomic mass is 9.98. The molecule has 0 radical (unpaired) electrons. The van der Waals surface area contributed by atoms with Crippen LogP contribution >= 0.6 is 42.8 Å². The molecular weight excluding hydrogens is 403 g/mol. The molecule has 1 aromatic carbocycles. The van der Waals surface area contributed by atoms with Gasteiger partial charge in [0.25, 0.3) is 0 Å². The molecule has 2 nitrogen and oxygen atoms in total. The number of aromatic nitrogens is 1. The highest BCUT2D eigenvalue weighted by Gasteiger charge is 2.27. The van der Waals surface area contributed by atoms with Crippen LogP contribution in [0.4, 0.5) is 0 Å². The molecule has 0 bridgehead atoms. The summed E-state index contributed by atoms with van der Waals surface area (Å²) in [6.07, 6.45) is 8.55. The molecule has 2 aromatic rings. The molecule has 0 saturated heterocycles. The summed E-state index contributed by atoms with van der Waals surface area (Å²) in [7, 11) is 4.14. The van der Waals surface area contributed by atoms with Crippen molar-refractivity contribution < 1.29 is 4.43 Å². The van der Waals surface area contributed by atoms with Gasteiger partial charge in [-0.25, -0.2) is 4.98 Å². The van der Waals surface area contributed by atoms with Crippen molar-refractivity contribution >= 4 is 61.3 Å². The number of thiazole rings is 1. The fourth-order valence-corrected chi connectivity index (χ4v) is 11.1. The second-order valence-corrected chi connectivity index (χ2v) is 16.9. The Labute approximate surface area is 168 Å². The molecule has 0 aliphatic heterocycles. The summed E-state index contributed by atoms with van der Waals surface area (Å²) in [4.78, 5) is 4.67. The van der Waals surface area contributed by atoms with Crippen molar-refractivity contribution in [3.05, 3.63) is 24.3 Å². The van der Waals surface area contributed by atoms with E-state index < -0.39 is 8.32 Å². The molecule has 3 rings (SSSR count). The van der Waals surface area contributed by atoms with Crippen LogP contribution < -0.4 is 0 Å². The molecule has 0 N–H and O–H groups in total. The second kappa shape index (κ2) is 10.0. The van der Waals surface area contributed by atoms with E-state index in [9.17, 15) is 0 Å². The summed E-state index contributed by atoms with van der Waals surface area (Å²) in [6.45, 7) is 4.80. The lowest BCUT2D eigenvalue weighted by Gasteiger charge is -2.31. The van der Waals surface area contributed by atoms with Crippen molar-refractivity contribution in [1.29, 1.82) is 0 Å². The molecule has 1 saturated carbocycles. The summed E-state index contributed by atoms with van der Waals surface area (Å²) in [6, 6.07) is 9.65. The fourth-order valence-electron chi connectivity index (χ4n) is 3.22. The van der Waals surface area contributed by atoms with Crippen LogP contribution in [0.15, 0.2) is 28.6 Å². The second-order valence-electron chi connectivity index (χ2n) is 7.16. The smallest absolute Gasteiger partial charge is 0.187 e. The minimum atomic E-state index is -1.48. The molecule has 1 aliphatic carbocycles. The summed E-state index contributed by atoms with van der Waals surface area (Å²) in [5.41, 5.74) is 1.12. The summed E-state index contributed by atoms with van der Waals surface area (Å²) in [5.74, 6) is 1.20. The van der Waals surface area contributed by atoms with Crippen LogP contribution in [-0.2, 0) is 4.43 Å². The maximum Gasteiger partial charge on any atom is 0.187 e. The monoisotopic (exact) mass is 429 g/mol. The van der Waals surface area contributed by atoms with Gasteiger partial charge in [-0.3, -0.25) is 0 Å². The molecule has 1 heterocycles. The van der Waals surface area contributed by atoms with E-state index in [0.29, 0.717) is 6.10 Å². The fraction of sp³-hybridized carbons (Fsp3) is 0.611. The molecule has 1 aromatic heterocycles. The standard InChI is InChI=1S/C18H27NOS4Si/c1-25(2,20-15-9-4-3-5-10-15)14-8-13-21-24-23-18-19-16-11-6-7-12-17(16)22-18/h6-7,11-12,15H,3-5,8-10,13-14H2,1-2H3. The maximum absolute atomic E-state index is 6.50. The van der Waals surface area contributed by atoms with Gasteiger partial charge in [0.2, 0.25) is 0 Å². The number of para-hydroxylation sites is 1. The van der Waals surface area contributed by atoms with Crippen molar-refractivity contribution in [2.45, 2.75) is 68.1 Å². The summed E-state index contributed by atoms with van der Waals surface area (Å²) < 4.78 is 8.94. The van der Waals surface area contributed by atoms with E-state index in [2.05, 4.69) is 42.3 Å². The predicted molar refractivity (Wildman–Crippen MR) is 120 cm³/mol. The van der Waals surface area contributed by atoms with Gasteiger partial charge in [-0.1, -0.05) is 42.2 Å². The van der Waals surface area contributed by atoms with E-state index in [1.165, 1.54) is 55.0 Å².